The number of sulfonamides is 1. The van der Waals surface area contributed by atoms with Crippen LogP contribution in [0.3, 0.4) is 0 Å². The van der Waals surface area contributed by atoms with Crippen LogP contribution in [0, 0.1) is 0 Å². The van der Waals surface area contributed by atoms with Gasteiger partial charge in [-0.2, -0.15) is 4.31 Å². The number of nitrogens with zero attached hydrogens (tertiary/aromatic N) is 3. The summed E-state index contributed by atoms with van der Waals surface area (Å²) < 4.78 is 29.3. The molecule has 1 aromatic heterocycles. The molecule has 0 spiro atoms. The minimum atomic E-state index is -3.59. The topological polar surface area (TPSA) is 70.6 Å². The van der Waals surface area contributed by atoms with E-state index < -0.39 is 10.0 Å². The first kappa shape index (κ1) is 23.5. The molecule has 0 N–H and O–H groups in total. The summed E-state index contributed by atoms with van der Waals surface area (Å²) in [5, 5.41) is 1.10. The highest BCUT2D eigenvalue weighted by Crippen LogP contribution is 2.35. The summed E-state index contributed by atoms with van der Waals surface area (Å²) in [7, 11) is -3.59. The van der Waals surface area contributed by atoms with Gasteiger partial charge in [0.25, 0.3) is 5.91 Å². The van der Waals surface area contributed by atoms with Crippen LogP contribution in [0.1, 0.15) is 67.2 Å². The van der Waals surface area contributed by atoms with Gasteiger partial charge in [0.1, 0.15) is 0 Å². The number of fused-ring (bicyclic) bond motifs is 1. The van der Waals surface area contributed by atoms with Crippen LogP contribution in [0.4, 0.5) is 0 Å². The van der Waals surface area contributed by atoms with Gasteiger partial charge in [-0.25, -0.2) is 13.4 Å². The van der Waals surface area contributed by atoms with Gasteiger partial charge < -0.3 is 4.90 Å². The summed E-state index contributed by atoms with van der Waals surface area (Å²) in [6.07, 6.45) is 4.69. The number of likely N-dealkylation sites (tertiary alicyclic amines) is 1. The summed E-state index contributed by atoms with van der Waals surface area (Å²) in [6.45, 7) is 5.13. The molecule has 3 heterocycles. The van der Waals surface area contributed by atoms with E-state index in [1.165, 1.54) is 4.70 Å². The molecule has 6 nitrogen and oxygen atoms in total. The van der Waals surface area contributed by atoms with E-state index >= 15 is 0 Å². The highest BCUT2D eigenvalue weighted by molar-refractivity contribution is 7.89. The van der Waals surface area contributed by atoms with Gasteiger partial charge in [0.2, 0.25) is 10.0 Å². The maximum absolute atomic E-state index is 13.3. The van der Waals surface area contributed by atoms with Crippen LogP contribution in [0.2, 0.25) is 0 Å². The Balaban J connectivity index is 1.26. The molecular weight excluding hydrogens is 466 g/mol. The summed E-state index contributed by atoms with van der Waals surface area (Å²) in [5.41, 5.74) is 1.56. The molecule has 2 atom stereocenters. The lowest BCUT2D eigenvalue weighted by molar-refractivity contribution is 0.0510. The highest BCUT2D eigenvalue weighted by atomic mass is 32.2. The SMILES string of the molecule is CC1CCCC(C)N1C(=O)c1ccc(S(=O)(=O)N2CCC(c3nc4ccccc4s3)CC2)cc1. The molecule has 0 radical (unpaired) electrons. The number of hydrogen-bond acceptors (Lipinski definition) is 5. The van der Waals surface area contributed by atoms with Crippen molar-refractivity contribution < 1.29 is 13.2 Å². The van der Waals surface area contributed by atoms with Crippen molar-refractivity contribution in [2.75, 3.05) is 13.1 Å². The fourth-order valence-corrected chi connectivity index (χ4v) is 7.90. The number of para-hydroxylation sites is 1. The molecule has 180 valence electrons. The predicted molar refractivity (Wildman–Crippen MR) is 136 cm³/mol. The van der Waals surface area contributed by atoms with E-state index in [9.17, 15) is 13.2 Å². The van der Waals surface area contributed by atoms with Crippen molar-refractivity contribution in [3.8, 4) is 0 Å². The molecule has 5 rings (SSSR count). The van der Waals surface area contributed by atoms with E-state index in [2.05, 4.69) is 19.9 Å². The van der Waals surface area contributed by atoms with Crippen molar-refractivity contribution >= 4 is 37.5 Å². The lowest BCUT2D eigenvalue weighted by Gasteiger charge is -2.39. The lowest BCUT2D eigenvalue weighted by Crippen LogP contribution is -2.47. The van der Waals surface area contributed by atoms with Crippen molar-refractivity contribution in [2.24, 2.45) is 0 Å². The molecule has 2 unspecified atom stereocenters. The summed E-state index contributed by atoms with van der Waals surface area (Å²) in [6, 6.07) is 15.0. The van der Waals surface area contributed by atoms with Crippen molar-refractivity contribution in [1.82, 2.24) is 14.2 Å². The number of carbonyl (C=O) groups is 1. The Bertz CT molecular complexity index is 1240. The van der Waals surface area contributed by atoms with Gasteiger partial charge in [0.15, 0.2) is 0 Å². The number of hydrogen-bond donors (Lipinski definition) is 0. The van der Waals surface area contributed by atoms with Crippen LogP contribution >= 0.6 is 11.3 Å². The summed E-state index contributed by atoms with van der Waals surface area (Å²) >= 11 is 1.71. The highest BCUT2D eigenvalue weighted by Gasteiger charge is 2.32. The normalized spacial score (nSPS) is 22.8. The average Bonchev–Trinajstić information content (AvgIpc) is 3.28. The Labute approximate surface area is 205 Å². The molecule has 0 saturated carbocycles. The summed E-state index contributed by atoms with van der Waals surface area (Å²) in [4.78, 5) is 20.0. The lowest BCUT2D eigenvalue weighted by atomic mass is 9.96. The van der Waals surface area contributed by atoms with Crippen LogP contribution in [-0.2, 0) is 10.0 Å². The van der Waals surface area contributed by atoms with E-state index in [0.29, 0.717) is 18.7 Å². The number of rotatable bonds is 4. The van der Waals surface area contributed by atoms with Gasteiger partial charge in [-0.15, -0.1) is 11.3 Å². The van der Waals surface area contributed by atoms with Gasteiger partial charge in [0, 0.05) is 36.7 Å². The van der Waals surface area contributed by atoms with E-state index in [1.54, 1.807) is 39.9 Å². The van der Waals surface area contributed by atoms with Gasteiger partial charge in [-0.1, -0.05) is 12.1 Å². The molecule has 0 bridgehead atoms. The first-order chi connectivity index (χ1) is 16.3. The molecule has 3 aromatic rings. The van der Waals surface area contributed by atoms with Crippen molar-refractivity contribution in [3.05, 3.63) is 59.1 Å². The molecule has 1 amide bonds. The smallest absolute Gasteiger partial charge is 0.254 e. The van der Waals surface area contributed by atoms with Crippen LogP contribution in [0.5, 0.6) is 0 Å². The van der Waals surface area contributed by atoms with Crippen LogP contribution in [-0.4, -0.2) is 53.7 Å². The molecule has 2 saturated heterocycles. The number of thiazole rings is 1. The quantitative estimate of drug-likeness (QED) is 0.492. The molecular formula is C26H31N3O3S2. The molecule has 2 fully saturated rings. The molecule has 0 aliphatic carbocycles. The standard InChI is InChI=1S/C26H31N3O3S2/c1-18-6-5-7-19(2)29(18)26(30)21-10-12-22(13-11-21)34(31,32)28-16-14-20(15-17-28)25-27-23-8-3-4-9-24(23)33-25/h3-4,8-13,18-20H,5-7,14-17H2,1-2H3. The largest absolute Gasteiger partial charge is 0.333 e. The zero-order chi connectivity index (χ0) is 23.9. The molecule has 8 heteroatoms. The van der Waals surface area contributed by atoms with E-state index in [0.717, 1.165) is 42.6 Å². The molecule has 2 aliphatic rings. The first-order valence-electron chi connectivity index (χ1n) is 12.1. The van der Waals surface area contributed by atoms with Crippen LogP contribution in [0.25, 0.3) is 10.2 Å². The number of aromatic nitrogens is 1. The second-order valence-electron chi connectivity index (χ2n) is 9.56. The number of carbonyl (C=O) groups excluding carboxylic acids is 1. The fourth-order valence-electron chi connectivity index (χ4n) is 5.30. The van der Waals surface area contributed by atoms with Crippen molar-refractivity contribution in [3.63, 3.8) is 0 Å². The zero-order valence-corrected chi connectivity index (χ0v) is 21.3. The zero-order valence-electron chi connectivity index (χ0n) is 19.7. The van der Waals surface area contributed by atoms with E-state index in [1.807, 2.05) is 23.1 Å². The van der Waals surface area contributed by atoms with Crippen LogP contribution in [0.15, 0.2) is 53.4 Å². The second-order valence-corrected chi connectivity index (χ2v) is 12.6. The monoisotopic (exact) mass is 497 g/mol. The minimum absolute atomic E-state index is 0.0136. The summed E-state index contributed by atoms with van der Waals surface area (Å²) in [5.74, 6) is 0.276. The minimum Gasteiger partial charge on any atom is -0.333 e. The third kappa shape index (κ3) is 4.39. The van der Waals surface area contributed by atoms with Crippen molar-refractivity contribution in [2.45, 2.75) is 68.8 Å². The third-order valence-electron chi connectivity index (χ3n) is 7.28. The molecule has 2 aromatic carbocycles. The fraction of sp³-hybridized carbons (Fsp3) is 0.462. The van der Waals surface area contributed by atoms with E-state index in [-0.39, 0.29) is 28.8 Å². The Kier molecular flexibility index (Phi) is 6.48. The van der Waals surface area contributed by atoms with Gasteiger partial charge in [-0.05, 0) is 82.3 Å². The van der Waals surface area contributed by atoms with Gasteiger partial charge >= 0.3 is 0 Å². The Hall–Kier alpha value is -2.29. The first-order valence-corrected chi connectivity index (χ1v) is 14.4. The maximum Gasteiger partial charge on any atom is 0.254 e. The Morgan fingerprint density at radius 3 is 2.24 bits per heavy atom. The van der Waals surface area contributed by atoms with Crippen LogP contribution < -0.4 is 0 Å². The number of piperidine rings is 2. The maximum atomic E-state index is 13.3. The predicted octanol–water partition coefficient (Wildman–Crippen LogP) is 5.27. The number of benzene rings is 2. The Morgan fingerprint density at radius 2 is 1.59 bits per heavy atom. The van der Waals surface area contributed by atoms with Crippen molar-refractivity contribution in [1.29, 1.82) is 0 Å². The molecule has 2 aliphatic heterocycles. The number of amides is 1. The third-order valence-corrected chi connectivity index (χ3v) is 10.4. The molecule has 34 heavy (non-hydrogen) atoms. The second kappa shape index (κ2) is 9.40. The van der Waals surface area contributed by atoms with E-state index in [4.69, 9.17) is 4.98 Å². The van der Waals surface area contributed by atoms with Gasteiger partial charge in [-0.3, -0.25) is 4.79 Å². The van der Waals surface area contributed by atoms with Gasteiger partial charge in [0.05, 0.1) is 20.1 Å². The Morgan fingerprint density at radius 1 is 0.941 bits per heavy atom. The average molecular weight is 498 g/mol.